The van der Waals surface area contributed by atoms with Gasteiger partial charge in [0.2, 0.25) is 0 Å². The number of pyridine rings is 1. The Balaban J connectivity index is 1.60. The number of nitrogens with two attached hydrogens (primary N) is 1. The number of halogens is 4. The fourth-order valence-electron chi connectivity index (χ4n) is 4.34. The van der Waals surface area contributed by atoms with Crippen LogP contribution in [-0.4, -0.2) is 31.3 Å². The van der Waals surface area contributed by atoms with E-state index in [1.165, 1.54) is 19.2 Å². The Bertz CT molecular complexity index is 1350. The van der Waals surface area contributed by atoms with Gasteiger partial charge in [0.15, 0.2) is 22.6 Å². The van der Waals surface area contributed by atoms with Crippen molar-refractivity contribution in [2.75, 3.05) is 5.32 Å². The predicted molar refractivity (Wildman–Crippen MR) is 113 cm³/mol. The zero-order valence-electron chi connectivity index (χ0n) is 16.5. The molecule has 0 amide bonds. The van der Waals surface area contributed by atoms with Crippen molar-refractivity contribution in [2.45, 2.75) is 30.1 Å². The molecule has 166 valence electrons. The number of benzene rings is 1. The Morgan fingerprint density at radius 3 is 2.84 bits per heavy atom. The summed E-state index contributed by atoms with van der Waals surface area (Å²) in [5.41, 5.74) is 4.57. The number of aliphatic imine (C=N–C) groups is 1. The number of amidine groups is 1. The van der Waals surface area contributed by atoms with Crippen LogP contribution in [0.1, 0.15) is 18.9 Å². The van der Waals surface area contributed by atoms with Crippen molar-refractivity contribution in [2.24, 2.45) is 16.6 Å². The first-order valence-electron chi connectivity index (χ1n) is 9.57. The van der Waals surface area contributed by atoms with Crippen LogP contribution < -0.4 is 16.6 Å². The van der Waals surface area contributed by atoms with Crippen molar-refractivity contribution < 1.29 is 17.6 Å². The van der Waals surface area contributed by atoms with Crippen LogP contribution in [0.5, 0.6) is 0 Å². The smallest absolute Gasteiger partial charge is 0.266 e. The summed E-state index contributed by atoms with van der Waals surface area (Å²) in [5.74, 6) is -2.87. The second-order valence-corrected chi connectivity index (χ2v) is 9.34. The van der Waals surface area contributed by atoms with E-state index < -0.39 is 39.8 Å². The van der Waals surface area contributed by atoms with Gasteiger partial charge in [-0.15, -0.1) is 0 Å². The Kier molecular flexibility index (Phi) is 4.49. The van der Waals surface area contributed by atoms with Crippen LogP contribution in [0.2, 0.25) is 0 Å². The molecule has 0 bridgehead atoms. The number of hydrogen-bond donors (Lipinski definition) is 3. The van der Waals surface area contributed by atoms with Crippen LogP contribution in [0.15, 0.2) is 40.4 Å². The molecule has 1 saturated carbocycles. The van der Waals surface area contributed by atoms with Gasteiger partial charge in [-0.05, 0) is 25.5 Å². The van der Waals surface area contributed by atoms with Gasteiger partial charge < -0.3 is 16.0 Å². The molecular weight excluding hydrogens is 448 g/mol. The summed E-state index contributed by atoms with van der Waals surface area (Å²) in [4.78, 5) is 26.6. The van der Waals surface area contributed by atoms with Gasteiger partial charge in [0, 0.05) is 29.4 Å². The first-order chi connectivity index (χ1) is 15.1. The average molecular weight is 464 g/mol. The van der Waals surface area contributed by atoms with Crippen molar-refractivity contribution in [3.05, 3.63) is 58.1 Å². The Morgan fingerprint density at radius 2 is 2.09 bits per heavy atom. The van der Waals surface area contributed by atoms with Gasteiger partial charge in [-0.25, -0.2) is 27.5 Å². The number of anilines is 2. The summed E-state index contributed by atoms with van der Waals surface area (Å²) in [6.07, 6.45) is -0.124. The number of fused-ring (bicyclic) bond motifs is 2. The molecule has 2 aliphatic rings. The minimum absolute atomic E-state index is 0.0803. The number of rotatable bonds is 4. The van der Waals surface area contributed by atoms with E-state index in [4.69, 9.17) is 5.73 Å². The van der Waals surface area contributed by atoms with Crippen molar-refractivity contribution in [3.8, 4) is 0 Å². The van der Waals surface area contributed by atoms with E-state index in [0.717, 1.165) is 24.0 Å². The van der Waals surface area contributed by atoms with Crippen molar-refractivity contribution in [1.29, 1.82) is 0 Å². The molecule has 3 atom stereocenters. The lowest BCUT2D eigenvalue weighted by molar-refractivity contribution is 0.123. The molecule has 3 heterocycles. The largest absolute Gasteiger partial charge is 0.378 e. The summed E-state index contributed by atoms with van der Waals surface area (Å²) in [5, 5.41) is 2.77. The first-order valence-corrected chi connectivity index (χ1v) is 10.4. The third kappa shape index (κ3) is 3.04. The van der Waals surface area contributed by atoms with E-state index >= 15 is 0 Å². The molecule has 1 aromatic carbocycles. The molecule has 3 aromatic rings. The number of nitrogens with one attached hydrogen (secondary N) is 2. The molecule has 32 heavy (non-hydrogen) atoms. The second kappa shape index (κ2) is 6.92. The summed E-state index contributed by atoms with van der Waals surface area (Å²) >= 11 is 0.786. The van der Waals surface area contributed by atoms with Gasteiger partial charge in [0.25, 0.3) is 12.0 Å². The van der Waals surface area contributed by atoms with Crippen LogP contribution in [0.4, 0.5) is 29.1 Å². The molecule has 0 saturated heterocycles. The molecule has 1 unspecified atom stereocenters. The van der Waals surface area contributed by atoms with Crippen LogP contribution in [0.3, 0.4) is 0 Å². The topological polar surface area (TPSA) is 109 Å². The van der Waals surface area contributed by atoms with Gasteiger partial charge in [0.05, 0.1) is 22.0 Å². The fourth-order valence-corrected chi connectivity index (χ4v) is 5.67. The van der Waals surface area contributed by atoms with E-state index in [-0.39, 0.29) is 28.7 Å². The van der Waals surface area contributed by atoms with Crippen molar-refractivity contribution in [1.82, 2.24) is 15.0 Å². The Morgan fingerprint density at radius 1 is 1.31 bits per heavy atom. The number of aromatic amines is 1. The molecule has 1 aliphatic carbocycles. The lowest BCUT2D eigenvalue weighted by atomic mass is 9.85. The van der Waals surface area contributed by atoms with Crippen LogP contribution in [0.25, 0.3) is 11.0 Å². The zero-order chi connectivity index (χ0) is 22.8. The molecule has 4 N–H and O–H groups in total. The molecule has 5 rings (SSSR count). The van der Waals surface area contributed by atoms with Gasteiger partial charge in [-0.2, -0.15) is 0 Å². The minimum atomic E-state index is -2.69. The number of alkyl halides is 2. The zero-order valence-corrected chi connectivity index (χ0v) is 17.3. The molecule has 1 fully saturated rings. The average Bonchev–Trinajstić information content (AvgIpc) is 3.47. The van der Waals surface area contributed by atoms with Gasteiger partial charge in [0.1, 0.15) is 5.52 Å². The van der Waals surface area contributed by atoms with Crippen molar-refractivity contribution in [3.63, 3.8) is 0 Å². The lowest BCUT2D eigenvalue weighted by Crippen LogP contribution is -2.39. The summed E-state index contributed by atoms with van der Waals surface area (Å²) < 4.78 is 55.6. The summed E-state index contributed by atoms with van der Waals surface area (Å²) in [7, 11) is 0. The van der Waals surface area contributed by atoms with Crippen molar-refractivity contribution >= 4 is 39.5 Å². The highest BCUT2D eigenvalue weighted by molar-refractivity contribution is 8.15. The normalized spacial score (nSPS) is 26.7. The van der Waals surface area contributed by atoms with E-state index in [1.807, 2.05) is 0 Å². The highest BCUT2D eigenvalue weighted by Crippen LogP contribution is 2.68. The lowest BCUT2D eigenvalue weighted by Gasteiger charge is -2.34. The number of thioether (sulfide) groups is 1. The quantitative estimate of drug-likeness (QED) is 0.509. The molecule has 0 radical (unpaired) electrons. The van der Waals surface area contributed by atoms with E-state index in [9.17, 15) is 22.4 Å². The number of hydrogen-bond acceptors (Lipinski definition) is 7. The third-order valence-electron chi connectivity index (χ3n) is 5.97. The fraction of sp³-hybridized carbons (Fsp3) is 0.300. The minimum Gasteiger partial charge on any atom is -0.378 e. The number of aromatic nitrogens is 3. The maximum Gasteiger partial charge on any atom is 0.266 e. The molecule has 1 aliphatic heterocycles. The van der Waals surface area contributed by atoms with E-state index in [1.54, 1.807) is 6.07 Å². The molecular formula is C20H16F4N6OS. The Hall–Kier alpha value is -3.15. The maximum absolute atomic E-state index is 14.9. The SMILES string of the molecule is C[C@]1(c2cc(Nc3nccc4[nH]c(=O)cnc34)cc(F)c2F)N=C(N)S[C@@]2(C(F)F)CC21. The van der Waals surface area contributed by atoms with Gasteiger partial charge in [-0.1, -0.05) is 11.8 Å². The molecule has 7 nitrogen and oxygen atoms in total. The number of nitrogens with zero attached hydrogens (tertiary/aromatic N) is 3. The van der Waals surface area contributed by atoms with Crippen LogP contribution in [0, 0.1) is 17.6 Å². The predicted octanol–water partition coefficient (Wildman–Crippen LogP) is 3.64. The van der Waals surface area contributed by atoms with E-state index in [2.05, 4.69) is 25.3 Å². The maximum atomic E-state index is 14.9. The molecule has 2 aromatic heterocycles. The third-order valence-corrected chi connectivity index (χ3v) is 7.28. The highest BCUT2D eigenvalue weighted by Gasteiger charge is 2.71. The monoisotopic (exact) mass is 464 g/mol. The second-order valence-electron chi connectivity index (χ2n) is 7.96. The van der Waals surface area contributed by atoms with E-state index in [0.29, 0.717) is 11.0 Å². The van der Waals surface area contributed by atoms with Crippen LogP contribution in [-0.2, 0) is 5.54 Å². The summed E-state index contributed by atoms with van der Waals surface area (Å²) in [6, 6.07) is 3.78. The van der Waals surface area contributed by atoms with Gasteiger partial charge in [-0.3, -0.25) is 9.79 Å². The van der Waals surface area contributed by atoms with Gasteiger partial charge >= 0.3 is 0 Å². The molecule has 12 heteroatoms. The standard InChI is InChI=1S/C20H16F4N6OS/c1-19(12-6-20(12,17(23)24)32-18(25)30-19)9-4-8(5-10(21)14(9)22)28-16-15-11(2-3-26-16)29-13(31)7-27-15/h2-5,7,12,17H,6H2,1H3,(H2,25,30)(H,26,28)(H,29,31)/t12?,19-,20+/m1/s1. The Labute approximate surface area is 182 Å². The summed E-state index contributed by atoms with van der Waals surface area (Å²) in [6.45, 7) is 1.48. The van der Waals surface area contributed by atoms with Crippen LogP contribution >= 0.6 is 11.8 Å². The highest BCUT2D eigenvalue weighted by atomic mass is 32.2. The molecule has 0 spiro atoms. The first kappa shape index (κ1) is 20.7. The number of H-pyrrole nitrogens is 1.